The van der Waals surface area contributed by atoms with Gasteiger partial charge in [-0.3, -0.25) is 10.0 Å². The van der Waals surface area contributed by atoms with E-state index in [4.69, 9.17) is 5.21 Å². The summed E-state index contributed by atoms with van der Waals surface area (Å²) in [5, 5.41) is 21.7. The molecule has 0 fully saturated rings. The van der Waals surface area contributed by atoms with E-state index in [9.17, 15) is 10.0 Å². The van der Waals surface area contributed by atoms with Crippen LogP contribution in [0.3, 0.4) is 0 Å². The Morgan fingerprint density at radius 1 is 1.53 bits per heavy atom. The van der Waals surface area contributed by atoms with Crippen LogP contribution in [0.1, 0.15) is 12.5 Å². The van der Waals surface area contributed by atoms with E-state index in [2.05, 4.69) is 5.32 Å². The number of carbonyl (C=O) groups excluding carboxylic acids is 1. The van der Waals surface area contributed by atoms with Crippen LogP contribution in [-0.4, -0.2) is 11.1 Å². The molecule has 1 aromatic carbocycles. The quantitative estimate of drug-likeness (QED) is 0.736. The molecule has 0 unspecified atom stereocenters. The number of hydrogen-bond acceptors (Lipinski definition) is 4. The van der Waals surface area contributed by atoms with Crippen LogP contribution >= 0.6 is 0 Å². The molecule has 5 heteroatoms. The van der Waals surface area contributed by atoms with E-state index in [0.717, 1.165) is 0 Å². The summed E-state index contributed by atoms with van der Waals surface area (Å²) in [5.41, 5.74) is 0.642. The Morgan fingerprint density at radius 3 is 2.80 bits per heavy atom. The number of benzene rings is 1. The first-order chi connectivity index (χ1) is 7.11. The van der Waals surface area contributed by atoms with Crippen molar-refractivity contribution in [2.45, 2.75) is 6.92 Å². The van der Waals surface area contributed by atoms with Gasteiger partial charge in [0.25, 0.3) is 0 Å². The van der Waals surface area contributed by atoms with Crippen LogP contribution in [0, 0.1) is 5.21 Å². The third-order valence-corrected chi connectivity index (χ3v) is 1.69. The van der Waals surface area contributed by atoms with Gasteiger partial charge in [-0.15, -0.1) is 0 Å². The van der Waals surface area contributed by atoms with Crippen molar-refractivity contribution >= 4 is 17.7 Å². The summed E-state index contributed by atoms with van der Waals surface area (Å²) in [6.45, 7) is 1.38. The average molecular weight is 207 g/mol. The minimum Gasteiger partial charge on any atom is -0.733 e. The Bertz CT molecular complexity index is 375. The molecule has 80 valence electrons. The van der Waals surface area contributed by atoms with E-state index < -0.39 is 0 Å². The molecule has 1 aromatic rings. The number of anilines is 1. The van der Waals surface area contributed by atoms with Gasteiger partial charge in [-0.25, -0.2) is 0 Å². The molecule has 0 saturated carbocycles. The summed E-state index contributed by atoms with van der Waals surface area (Å²) in [6.07, 6.45) is 2.93. The fourth-order valence-corrected chi connectivity index (χ4v) is 1.05. The fourth-order valence-electron chi connectivity index (χ4n) is 1.05. The average Bonchev–Trinajstić information content (AvgIpc) is 2.17. The number of para-hydroxylation sites is 1. The van der Waals surface area contributed by atoms with Gasteiger partial charge >= 0.3 is 0 Å². The smallest absolute Gasteiger partial charge is 0.220 e. The highest BCUT2D eigenvalue weighted by Crippen LogP contribution is 2.18. The van der Waals surface area contributed by atoms with Gasteiger partial charge in [0.15, 0.2) is 0 Å². The highest BCUT2D eigenvalue weighted by Gasteiger charge is 1.97. The highest BCUT2D eigenvalue weighted by atomic mass is 16.8. The second-order valence-corrected chi connectivity index (χ2v) is 2.87. The molecule has 0 spiro atoms. The molecule has 0 aliphatic heterocycles. The van der Waals surface area contributed by atoms with Crippen molar-refractivity contribution in [1.82, 2.24) is 5.32 Å². The van der Waals surface area contributed by atoms with Gasteiger partial charge in [-0.2, -0.15) is 0 Å². The molecule has 0 aromatic heterocycles. The molecule has 0 radical (unpaired) electrons. The lowest BCUT2D eigenvalue weighted by molar-refractivity contribution is -0.118. The summed E-state index contributed by atoms with van der Waals surface area (Å²) >= 11 is 0. The zero-order chi connectivity index (χ0) is 11.3. The molecule has 0 bridgehead atoms. The van der Waals surface area contributed by atoms with Gasteiger partial charge in [0, 0.05) is 18.7 Å². The van der Waals surface area contributed by atoms with Crippen molar-refractivity contribution in [3.8, 4) is 0 Å². The maximum absolute atomic E-state index is 10.7. The lowest BCUT2D eigenvalue weighted by atomic mass is 10.2. The van der Waals surface area contributed by atoms with Crippen molar-refractivity contribution in [2.24, 2.45) is 0 Å². The van der Waals surface area contributed by atoms with E-state index in [1.54, 1.807) is 18.2 Å². The van der Waals surface area contributed by atoms with Crippen molar-refractivity contribution in [3.05, 3.63) is 41.2 Å². The molecule has 0 aliphatic carbocycles. The molecule has 1 rings (SSSR count). The summed E-state index contributed by atoms with van der Waals surface area (Å²) in [5.74, 6) is -0.202. The predicted molar refractivity (Wildman–Crippen MR) is 56.9 cm³/mol. The summed E-state index contributed by atoms with van der Waals surface area (Å²) in [4.78, 5) is 10.6. The summed E-state index contributed by atoms with van der Waals surface area (Å²) in [6, 6.07) is 6.47. The van der Waals surface area contributed by atoms with Gasteiger partial charge in [-0.1, -0.05) is 18.2 Å². The Morgan fingerprint density at radius 2 is 2.20 bits per heavy atom. The Kier molecular flexibility index (Phi) is 3.84. The number of hydrogen-bond donors (Lipinski definition) is 2. The second-order valence-electron chi connectivity index (χ2n) is 2.87. The van der Waals surface area contributed by atoms with Gasteiger partial charge in [-0.05, 0) is 12.1 Å². The highest BCUT2D eigenvalue weighted by molar-refractivity contribution is 5.76. The molecular formula is C10H11N2O3-. The largest absolute Gasteiger partial charge is 0.733 e. The topological polar surface area (TPSA) is 75.6 Å². The number of carbonyl (C=O) groups is 1. The Balaban J connectivity index is 2.84. The fraction of sp³-hybridized carbons (Fsp3) is 0.100. The molecule has 15 heavy (non-hydrogen) atoms. The number of nitrogens with zero attached hydrogens (tertiary/aromatic N) is 1. The number of rotatable bonds is 3. The number of amides is 1. The van der Waals surface area contributed by atoms with Crippen LogP contribution in [0.25, 0.3) is 6.08 Å². The molecular weight excluding hydrogens is 196 g/mol. The molecule has 0 aliphatic rings. The van der Waals surface area contributed by atoms with Gasteiger partial charge in [0.2, 0.25) is 5.91 Å². The third-order valence-electron chi connectivity index (χ3n) is 1.69. The zero-order valence-electron chi connectivity index (χ0n) is 8.18. The minimum atomic E-state index is -0.215. The normalized spacial score (nSPS) is 10.3. The molecule has 2 N–H and O–H groups in total. The van der Waals surface area contributed by atoms with Crippen LogP contribution in [0.15, 0.2) is 30.5 Å². The maximum atomic E-state index is 10.7. The molecule has 0 heterocycles. The van der Waals surface area contributed by atoms with Gasteiger partial charge < -0.3 is 15.8 Å². The number of nitrogens with one attached hydrogen (secondary N) is 1. The summed E-state index contributed by atoms with van der Waals surface area (Å²) in [7, 11) is 0. The van der Waals surface area contributed by atoms with Gasteiger partial charge in [0.05, 0.1) is 5.69 Å². The predicted octanol–water partition coefficient (Wildman–Crippen LogP) is 1.49. The lowest BCUT2D eigenvalue weighted by Crippen LogP contribution is -2.12. The molecule has 5 nitrogen and oxygen atoms in total. The molecule has 0 atom stereocenters. The monoisotopic (exact) mass is 207 g/mol. The Hall–Kier alpha value is -1.85. The molecule has 0 saturated heterocycles. The van der Waals surface area contributed by atoms with Crippen molar-refractivity contribution in [1.29, 1.82) is 0 Å². The van der Waals surface area contributed by atoms with Crippen molar-refractivity contribution in [2.75, 3.05) is 5.23 Å². The Labute approximate surface area is 87.2 Å². The SMILES string of the molecule is CC(=O)NC=Cc1ccccc1N([O-])O. The molecule has 1 amide bonds. The van der Waals surface area contributed by atoms with Crippen molar-refractivity contribution < 1.29 is 10.0 Å². The van der Waals surface area contributed by atoms with E-state index in [1.165, 1.54) is 25.3 Å². The first-order valence-electron chi connectivity index (χ1n) is 4.30. The first kappa shape index (κ1) is 11.2. The van der Waals surface area contributed by atoms with Crippen LogP contribution in [0.4, 0.5) is 5.69 Å². The van der Waals surface area contributed by atoms with E-state index >= 15 is 0 Å². The standard InChI is InChI=1S/C10H11N2O3/c1-8(13)11-7-6-9-4-2-3-5-10(9)12(14)15/h2-7,14H,1H3,(H,11,13)/q-1. The summed E-state index contributed by atoms with van der Waals surface area (Å²) < 4.78 is 0. The zero-order valence-corrected chi connectivity index (χ0v) is 8.18. The van der Waals surface area contributed by atoms with Crippen LogP contribution < -0.4 is 10.5 Å². The first-order valence-corrected chi connectivity index (χ1v) is 4.30. The van der Waals surface area contributed by atoms with Crippen LogP contribution in [0.5, 0.6) is 0 Å². The van der Waals surface area contributed by atoms with Gasteiger partial charge in [0.1, 0.15) is 0 Å². The van der Waals surface area contributed by atoms with Crippen molar-refractivity contribution in [3.63, 3.8) is 0 Å². The second kappa shape index (κ2) is 5.14. The van der Waals surface area contributed by atoms with E-state index in [0.29, 0.717) is 5.56 Å². The third kappa shape index (κ3) is 3.41. The van der Waals surface area contributed by atoms with E-state index in [-0.39, 0.29) is 16.8 Å². The van der Waals surface area contributed by atoms with Crippen LogP contribution in [0.2, 0.25) is 0 Å². The lowest BCUT2D eigenvalue weighted by Gasteiger charge is -2.23. The maximum Gasteiger partial charge on any atom is 0.220 e. The van der Waals surface area contributed by atoms with E-state index in [1.807, 2.05) is 0 Å². The minimum absolute atomic E-state index is 0.124. The van der Waals surface area contributed by atoms with Crippen LogP contribution in [-0.2, 0) is 4.79 Å².